The van der Waals surface area contributed by atoms with Gasteiger partial charge in [-0.25, -0.2) is 4.68 Å². The Balaban J connectivity index is 1.73. The van der Waals surface area contributed by atoms with E-state index in [-0.39, 0.29) is 18.4 Å². The summed E-state index contributed by atoms with van der Waals surface area (Å²) >= 11 is 0. The van der Waals surface area contributed by atoms with Crippen molar-refractivity contribution in [3.05, 3.63) is 90.0 Å². The molecule has 1 aromatic heterocycles. The van der Waals surface area contributed by atoms with Crippen molar-refractivity contribution in [1.82, 2.24) is 20.3 Å². The third kappa shape index (κ3) is 5.74. The van der Waals surface area contributed by atoms with Crippen LogP contribution < -0.4 is 10.2 Å². The van der Waals surface area contributed by atoms with Crippen molar-refractivity contribution in [2.45, 2.75) is 39.8 Å². The molecule has 180 valence electrons. The molecule has 0 aliphatic heterocycles. The largest absolute Gasteiger partial charge is 0.354 e. The van der Waals surface area contributed by atoms with Gasteiger partial charge in [0, 0.05) is 12.2 Å². The molecule has 3 aromatic carbocycles. The van der Waals surface area contributed by atoms with Crippen LogP contribution in [0.4, 0.5) is 5.69 Å². The number of aromatic nitrogens is 3. The van der Waals surface area contributed by atoms with Gasteiger partial charge in [-0.3, -0.25) is 14.5 Å². The maximum atomic E-state index is 13.9. The number of hydrogen-bond acceptors (Lipinski definition) is 4. The molecule has 0 bridgehead atoms. The van der Waals surface area contributed by atoms with E-state index in [1.165, 1.54) is 0 Å². The highest BCUT2D eigenvalue weighted by atomic mass is 16.2. The second-order valence-electron chi connectivity index (χ2n) is 9.12. The van der Waals surface area contributed by atoms with Crippen molar-refractivity contribution < 1.29 is 9.59 Å². The molecule has 35 heavy (non-hydrogen) atoms. The lowest BCUT2D eigenvalue weighted by Gasteiger charge is -2.31. The van der Waals surface area contributed by atoms with E-state index in [0.29, 0.717) is 23.7 Å². The third-order valence-electron chi connectivity index (χ3n) is 5.93. The third-order valence-corrected chi connectivity index (χ3v) is 5.93. The zero-order valence-electron chi connectivity index (χ0n) is 20.4. The van der Waals surface area contributed by atoms with Crippen LogP contribution in [0.3, 0.4) is 0 Å². The molecule has 7 nitrogen and oxygen atoms in total. The Labute approximate surface area is 205 Å². The molecule has 2 amide bonds. The Morgan fingerprint density at radius 1 is 0.943 bits per heavy atom. The second kappa shape index (κ2) is 11.0. The highest BCUT2D eigenvalue weighted by Crippen LogP contribution is 2.29. The highest BCUT2D eigenvalue weighted by molar-refractivity contribution is 6.01. The molecule has 0 aliphatic carbocycles. The number of nitrogens with zero attached hydrogens (tertiary/aromatic N) is 4. The van der Waals surface area contributed by atoms with Crippen LogP contribution in [-0.4, -0.2) is 33.4 Å². The van der Waals surface area contributed by atoms with Crippen molar-refractivity contribution in [3.8, 4) is 0 Å². The molecule has 0 saturated carbocycles. The fourth-order valence-corrected chi connectivity index (χ4v) is 4.01. The van der Waals surface area contributed by atoms with Crippen LogP contribution in [0.5, 0.6) is 0 Å². The van der Waals surface area contributed by atoms with E-state index in [2.05, 4.69) is 29.5 Å². The zero-order valence-corrected chi connectivity index (χ0v) is 20.4. The van der Waals surface area contributed by atoms with Crippen LogP contribution in [0.1, 0.15) is 37.4 Å². The number of amides is 2. The van der Waals surface area contributed by atoms with Gasteiger partial charge in [0.25, 0.3) is 0 Å². The van der Waals surface area contributed by atoms with Crippen molar-refractivity contribution >= 4 is 28.5 Å². The van der Waals surface area contributed by atoms with Crippen molar-refractivity contribution in [3.63, 3.8) is 0 Å². The first-order valence-electron chi connectivity index (χ1n) is 11.9. The van der Waals surface area contributed by atoms with Crippen LogP contribution in [0.2, 0.25) is 0 Å². The number of fused-ring (bicyclic) bond motifs is 1. The first-order valence-corrected chi connectivity index (χ1v) is 11.9. The molecule has 0 aliphatic rings. The van der Waals surface area contributed by atoms with Crippen LogP contribution in [0.15, 0.2) is 78.9 Å². The van der Waals surface area contributed by atoms with Gasteiger partial charge in [0.1, 0.15) is 18.1 Å². The van der Waals surface area contributed by atoms with Gasteiger partial charge in [-0.2, -0.15) is 0 Å². The Bertz CT molecular complexity index is 1280. The summed E-state index contributed by atoms with van der Waals surface area (Å²) in [5.41, 5.74) is 3.96. The lowest BCUT2D eigenvalue weighted by atomic mass is 10.0. The fourth-order valence-electron chi connectivity index (χ4n) is 4.01. The predicted molar refractivity (Wildman–Crippen MR) is 138 cm³/mol. The van der Waals surface area contributed by atoms with E-state index < -0.39 is 6.04 Å². The number of rotatable bonds is 9. The molecule has 1 heterocycles. The lowest BCUT2D eigenvalue weighted by molar-refractivity contribution is -0.127. The number of benzene rings is 3. The average Bonchev–Trinajstić information content (AvgIpc) is 3.26. The molecular weight excluding hydrogens is 438 g/mol. The Kier molecular flexibility index (Phi) is 7.55. The maximum Gasteiger partial charge on any atom is 0.249 e. The lowest BCUT2D eigenvalue weighted by Crippen LogP contribution is -2.45. The van der Waals surface area contributed by atoms with E-state index in [0.717, 1.165) is 23.1 Å². The molecule has 4 aromatic rings. The summed E-state index contributed by atoms with van der Waals surface area (Å²) in [7, 11) is 0. The van der Waals surface area contributed by atoms with Gasteiger partial charge in [0.05, 0.1) is 5.52 Å². The van der Waals surface area contributed by atoms with Crippen molar-refractivity contribution in [2.75, 3.05) is 11.4 Å². The van der Waals surface area contributed by atoms with Gasteiger partial charge in [-0.05, 0) is 49.1 Å². The minimum atomic E-state index is -0.826. The minimum Gasteiger partial charge on any atom is -0.354 e. The summed E-state index contributed by atoms with van der Waals surface area (Å²) in [6.45, 7) is 6.73. The maximum absolute atomic E-state index is 13.9. The van der Waals surface area contributed by atoms with Crippen molar-refractivity contribution in [2.24, 2.45) is 5.92 Å². The molecule has 0 radical (unpaired) electrons. The average molecular weight is 470 g/mol. The van der Waals surface area contributed by atoms with Crippen LogP contribution in [0, 0.1) is 12.8 Å². The van der Waals surface area contributed by atoms with Crippen LogP contribution in [0.25, 0.3) is 11.0 Å². The number of carbonyl (C=O) groups is 2. The first-order chi connectivity index (χ1) is 16.9. The number of aryl methyl sites for hydroxylation is 1. The molecule has 1 N–H and O–H groups in total. The number of carbonyl (C=O) groups excluding carboxylic acids is 2. The SMILES string of the molecule is Cc1ccc(C(C(=O)NCCC(C)C)N(C(=O)Cn2nnc3ccccc32)c2ccccc2)cc1. The topological polar surface area (TPSA) is 80.1 Å². The van der Waals surface area contributed by atoms with Crippen molar-refractivity contribution in [1.29, 1.82) is 0 Å². The molecule has 0 fully saturated rings. The predicted octanol–water partition coefficient (Wildman–Crippen LogP) is 4.68. The summed E-state index contributed by atoms with van der Waals surface area (Å²) < 4.78 is 1.58. The Morgan fingerprint density at radius 3 is 2.34 bits per heavy atom. The van der Waals surface area contributed by atoms with E-state index in [1.54, 1.807) is 9.58 Å². The number of anilines is 1. The number of nitrogens with one attached hydrogen (secondary N) is 1. The fraction of sp³-hybridized carbons (Fsp3) is 0.286. The molecule has 4 rings (SSSR count). The monoisotopic (exact) mass is 469 g/mol. The molecular formula is C28H31N5O2. The van der Waals surface area contributed by atoms with E-state index >= 15 is 0 Å². The van der Waals surface area contributed by atoms with Gasteiger partial charge >= 0.3 is 0 Å². The van der Waals surface area contributed by atoms with Gasteiger partial charge in [-0.15, -0.1) is 5.10 Å². The second-order valence-corrected chi connectivity index (χ2v) is 9.12. The van der Waals surface area contributed by atoms with Gasteiger partial charge < -0.3 is 5.32 Å². The molecule has 7 heteroatoms. The highest BCUT2D eigenvalue weighted by Gasteiger charge is 2.33. The molecule has 1 atom stereocenters. The number of para-hydroxylation sites is 2. The van der Waals surface area contributed by atoms with Crippen LogP contribution >= 0.6 is 0 Å². The molecule has 0 spiro atoms. The first kappa shape index (κ1) is 24.1. The summed E-state index contributed by atoms with van der Waals surface area (Å²) in [4.78, 5) is 29.1. The standard InChI is InChI=1S/C28H31N5O2/c1-20(2)17-18-29-28(35)27(22-15-13-21(3)14-16-22)33(23-9-5-4-6-10-23)26(34)19-32-25-12-8-7-11-24(25)30-31-32/h4-16,20,27H,17-19H2,1-3H3,(H,29,35). The Morgan fingerprint density at radius 2 is 1.63 bits per heavy atom. The van der Waals surface area contributed by atoms with E-state index in [4.69, 9.17) is 0 Å². The minimum absolute atomic E-state index is 0.0446. The van der Waals surface area contributed by atoms with E-state index in [1.807, 2.05) is 85.8 Å². The number of hydrogen-bond donors (Lipinski definition) is 1. The van der Waals surface area contributed by atoms with Gasteiger partial charge in [-0.1, -0.05) is 79.2 Å². The summed E-state index contributed by atoms with van der Waals surface area (Å²) in [5.74, 6) is -0.00725. The summed E-state index contributed by atoms with van der Waals surface area (Å²) in [6.07, 6.45) is 0.858. The van der Waals surface area contributed by atoms with Gasteiger partial charge in [0.15, 0.2) is 0 Å². The van der Waals surface area contributed by atoms with Gasteiger partial charge in [0.2, 0.25) is 11.8 Å². The van der Waals surface area contributed by atoms with Crippen LogP contribution in [-0.2, 0) is 16.1 Å². The van der Waals surface area contributed by atoms with E-state index in [9.17, 15) is 9.59 Å². The Hall–Kier alpha value is -4.00. The molecule has 0 saturated heterocycles. The normalized spacial score (nSPS) is 12.0. The molecule has 1 unspecified atom stereocenters. The smallest absolute Gasteiger partial charge is 0.249 e. The summed E-state index contributed by atoms with van der Waals surface area (Å²) in [5, 5.41) is 11.4. The quantitative estimate of drug-likeness (QED) is 0.386. The summed E-state index contributed by atoms with van der Waals surface area (Å²) in [6, 6.07) is 23.7. The zero-order chi connectivity index (χ0) is 24.8.